The van der Waals surface area contributed by atoms with Crippen LogP contribution in [0, 0.1) is 0 Å². The molecule has 1 aromatic carbocycles. The molecule has 0 aliphatic carbocycles. The molecule has 1 N–H and O–H groups in total. The molecule has 0 fully saturated rings. The van der Waals surface area contributed by atoms with Gasteiger partial charge in [-0.15, -0.1) is 10.2 Å². The summed E-state index contributed by atoms with van der Waals surface area (Å²) in [6.07, 6.45) is 3.94. The van der Waals surface area contributed by atoms with Crippen molar-refractivity contribution in [1.29, 1.82) is 0 Å². The Bertz CT molecular complexity index is 1100. The second-order valence-corrected chi connectivity index (χ2v) is 7.13. The van der Waals surface area contributed by atoms with Crippen molar-refractivity contribution in [3.63, 3.8) is 0 Å². The third kappa shape index (κ3) is 3.35. The summed E-state index contributed by atoms with van der Waals surface area (Å²) in [4.78, 5) is 12.8. The topological polar surface area (TPSA) is 81.7 Å². The molecule has 3 heterocycles. The van der Waals surface area contributed by atoms with Gasteiger partial charge in [-0.3, -0.25) is 9.20 Å². The number of amides is 1. The maximum atomic E-state index is 12.8. The van der Waals surface area contributed by atoms with Gasteiger partial charge in [0.15, 0.2) is 5.58 Å². The third-order valence-corrected chi connectivity index (χ3v) is 5.60. The highest BCUT2D eigenvalue weighted by Gasteiger charge is 2.21. The van der Waals surface area contributed by atoms with E-state index in [1.54, 1.807) is 25.8 Å². The Morgan fingerprint density at radius 1 is 1.33 bits per heavy atom. The van der Waals surface area contributed by atoms with Crippen molar-refractivity contribution >= 4 is 40.0 Å². The van der Waals surface area contributed by atoms with Gasteiger partial charge in [-0.05, 0) is 18.6 Å². The Kier molecular flexibility index (Phi) is 4.72. The number of ether oxygens (including phenoxy) is 1. The third-order valence-electron chi connectivity index (χ3n) is 4.25. The summed E-state index contributed by atoms with van der Waals surface area (Å²) >= 11 is 1.39. The molecule has 3 aromatic heterocycles. The zero-order valence-electron chi connectivity index (χ0n) is 14.9. The van der Waals surface area contributed by atoms with Gasteiger partial charge in [-0.25, -0.2) is 0 Å². The molecule has 8 heteroatoms. The minimum atomic E-state index is -0.307. The van der Waals surface area contributed by atoms with Crippen molar-refractivity contribution in [3.05, 3.63) is 49.0 Å². The number of aromatic nitrogens is 3. The van der Waals surface area contributed by atoms with Crippen LogP contribution < -0.4 is 10.1 Å². The van der Waals surface area contributed by atoms with Crippen molar-refractivity contribution < 1.29 is 13.9 Å². The second kappa shape index (κ2) is 7.32. The zero-order chi connectivity index (χ0) is 18.8. The van der Waals surface area contributed by atoms with E-state index in [1.807, 2.05) is 41.7 Å². The number of anilines is 1. The molecule has 0 aliphatic rings. The van der Waals surface area contributed by atoms with Crippen LogP contribution in [0.4, 0.5) is 5.69 Å². The van der Waals surface area contributed by atoms with E-state index >= 15 is 0 Å². The number of methoxy groups -OCH3 is 1. The van der Waals surface area contributed by atoms with Gasteiger partial charge < -0.3 is 14.5 Å². The summed E-state index contributed by atoms with van der Waals surface area (Å²) < 4.78 is 12.6. The molecular formula is C19H18N4O3S. The lowest BCUT2D eigenvalue weighted by Gasteiger charge is -2.15. The van der Waals surface area contributed by atoms with Crippen LogP contribution in [0.1, 0.15) is 13.3 Å². The Hall–Kier alpha value is -3.00. The van der Waals surface area contributed by atoms with Gasteiger partial charge >= 0.3 is 0 Å². The highest BCUT2D eigenvalue weighted by molar-refractivity contribution is 8.00. The number of carbonyl (C=O) groups is 1. The number of fused-ring (bicyclic) bond motifs is 3. The number of hydrogen-bond donors (Lipinski definition) is 1. The predicted octanol–water partition coefficient (Wildman–Crippen LogP) is 3.99. The van der Waals surface area contributed by atoms with Gasteiger partial charge in [0.05, 0.1) is 29.7 Å². The van der Waals surface area contributed by atoms with Gasteiger partial charge in [0.25, 0.3) is 0 Å². The van der Waals surface area contributed by atoms with E-state index in [0.717, 1.165) is 16.6 Å². The standard InChI is InChI=1S/C19H18N4O3S/c1-3-17(18(24)21-12-5-4-6-13(9-12)25-2)27-19-15-10-16-14(7-8-26-16)23(15)11-20-22-19/h4-11,17H,3H2,1-2H3,(H,21,24)/t17-/m0/s1. The highest BCUT2D eigenvalue weighted by atomic mass is 32.2. The van der Waals surface area contributed by atoms with Crippen LogP contribution in [0.5, 0.6) is 5.75 Å². The zero-order valence-corrected chi connectivity index (χ0v) is 15.7. The predicted molar refractivity (Wildman–Crippen MR) is 104 cm³/mol. The maximum absolute atomic E-state index is 12.8. The van der Waals surface area contributed by atoms with Gasteiger partial charge in [0.1, 0.15) is 17.1 Å². The number of thioether (sulfide) groups is 1. The van der Waals surface area contributed by atoms with E-state index in [1.165, 1.54) is 11.8 Å². The van der Waals surface area contributed by atoms with Crippen LogP contribution in [0.2, 0.25) is 0 Å². The smallest absolute Gasteiger partial charge is 0.237 e. The first-order chi connectivity index (χ1) is 13.2. The van der Waals surface area contributed by atoms with Crippen LogP contribution in [0.15, 0.2) is 58.4 Å². The highest BCUT2D eigenvalue weighted by Crippen LogP contribution is 2.31. The molecule has 0 bridgehead atoms. The molecule has 27 heavy (non-hydrogen) atoms. The van der Waals surface area contributed by atoms with E-state index in [9.17, 15) is 4.79 Å². The van der Waals surface area contributed by atoms with Crippen LogP contribution in [-0.2, 0) is 4.79 Å². The maximum Gasteiger partial charge on any atom is 0.237 e. The molecule has 0 radical (unpaired) electrons. The van der Waals surface area contributed by atoms with Gasteiger partial charge in [-0.2, -0.15) is 0 Å². The fourth-order valence-electron chi connectivity index (χ4n) is 2.88. The SMILES string of the molecule is CC[C@H](Sc1nncn2c1cc1occc12)C(=O)Nc1cccc(OC)c1. The Morgan fingerprint density at radius 3 is 3.04 bits per heavy atom. The fourth-order valence-corrected chi connectivity index (χ4v) is 3.85. The number of nitrogens with zero attached hydrogens (tertiary/aromatic N) is 3. The van der Waals surface area contributed by atoms with E-state index in [0.29, 0.717) is 22.9 Å². The first kappa shape index (κ1) is 17.4. The lowest BCUT2D eigenvalue weighted by atomic mass is 10.2. The summed E-state index contributed by atoms with van der Waals surface area (Å²) in [5.74, 6) is 0.606. The van der Waals surface area contributed by atoms with Crippen molar-refractivity contribution in [2.45, 2.75) is 23.6 Å². The molecule has 0 unspecified atom stereocenters. The number of nitrogens with one attached hydrogen (secondary N) is 1. The second-order valence-electron chi connectivity index (χ2n) is 5.94. The fraction of sp³-hybridized carbons (Fsp3) is 0.211. The molecular weight excluding hydrogens is 364 g/mol. The largest absolute Gasteiger partial charge is 0.497 e. The van der Waals surface area contributed by atoms with Gasteiger partial charge in [-0.1, -0.05) is 24.8 Å². The summed E-state index contributed by atoms with van der Waals surface area (Å²) in [5.41, 5.74) is 3.26. The Morgan fingerprint density at radius 2 is 2.22 bits per heavy atom. The van der Waals surface area contributed by atoms with Gasteiger partial charge in [0, 0.05) is 23.9 Å². The summed E-state index contributed by atoms with van der Waals surface area (Å²) in [6, 6.07) is 11.1. The molecule has 1 amide bonds. The van der Waals surface area contributed by atoms with Crippen molar-refractivity contribution in [2.75, 3.05) is 12.4 Å². The van der Waals surface area contributed by atoms with Gasteiger partial charge in [0.2, 0.25) is 5.91 Å². The monoisotopic (exact) mass is 382 g/mol. The minimum Gasteiger partial charge on any atom is -0.497 e. The molecule has 4 rings (SSSR count). The van der Waals surface area contributed by atoms with Crippen molar-refractivity contribution in [1.82, 2.24) is 14.6 Å². The lowest BCUT2D eigenvalue weighted by Crippen LogP contribution is -2.24. The quantitative estimate of drug-likeness (QED) is 0.508. The summed E-state index contributed by atoms with van der Waals surface area (Å²) in [7, 11) is 1.60. The van der Waals surface area contributed by atoms with E-state index in [2.05, 4.69) is 15.5 Å². The minimum absolute atomic E-state index is 0.0881. The molecule has 0 saturated heterocycles. The average Bonchev–Trinajstić information content (AvgIpc) is 3.28. The van der Waals surface area contributed by atoms with Crippen molar-refractivity contribution in [2.24, 2.45) is 0 Å². The normalized spacial score (nSPS) is 12.4. The van der Waals surface area contributed by atoms with E-state index < -0.39 is 0 Å². The molecule has 0 spiro atoms. The number of rotatable bonds is 6. The van der Waals surface area contributed by atoms with Crippen LogP contribution >= 0.6 is 11.8 Å². The first-order valence-electron chi connectivity index (χ1n) is 8.51. The molecule has 0 aliphatic heterocycles. The molecule has 138 valence electrons. The number of hydrogen-bond acceptors (Lipinski definition) is 6. The first-order valence-corrected chi connectivity index (χ1v) is 9.39. The summed E-state index contributed by atoms with van der Waals surface area (Å²) in [6.45, 7) is 1.97. The lowest BCUT2D eigenvalue weighted by molar-refractivity contribution is -0.115. The van der Waals surface area contributed by atoms with Crippen LogP contribution in [-0.4, -0.2) is 32.9 Å². The molecule has 7 nitrogen and oxygen atoms in total. The molecule has 4 aromatic rings. The van der Waals surface area contributed by atoms with Crippen LogP contribution in [0.3, 0.4) is 0 Å². The van der Waals surface area contributed by atoms with E-state index in [-0.39, 0.29) is 11.2 Å². The van der Waals surface area contributed by atoms with E-state index in [4.69, 9.17) is 9.15 Å². The van der Waals surface area contributed by atoms with Crippen molar-refractivity contribution in [3.8, 4) is 5.75 Å². The molecule has 1 atom stereocenters. The number of carbonyl (C=O) groups excluding carboxylic acids is 1. The van der Waals surface area contributed by atoms with Crippen LogP contribution in [0.25, 0.3) is 16.6 Å². The average molecular weight is 382 g/mol. The number of furan rings is 1. The number of benzene rings is 1. The Labute approximate surface area is 159 Å². The Balaban J connectivity index is 1.58. The molecule has 0 saturated carbocycles. The summed E-state index contributed by atoms with van der Waals surface area (Å²) in [5, 5.41) is 11.6.